The van der Waals surface area contributed by atoms with Crippen LogP contribution in [-0.4, -0.2) is 28.2 Å². The first-order valence-corrected chi connectivity index (χ1v) is 5.31. The van der Waals surface area contributed by atoms with Gasteiger partial charge in [0.2, 0.25) is 0 Å². The van der Waals surface area contributed by atoms with Crippen LogP contribution in [0.3, 0.4) is 0 Å². The van der Waals surface area contributed by atoms with Crippen molar-refractivity contribution in [2.75, 3.05) is 7.11 Å². The van der Waals surface area contributed by atoms with Crippen LogP contribution >= 0.6 is 15.9 Å². The van der Waals surface area contributed by atoms with Crippen LogP contribution in [0.15, 0.2) is 40.4 Å². The number of benzene rings is 1. The molecule has 2 rings (SSSR count). The average molecular weight is 281 g/mol. The van der Waals surface area contributed by atoms with Crippen molar-refractivity contribution < 1.29 is 4.74 Å². The lowest BCUT2D eigenvalue weighted by atomic mass is 10.2. The zero-order valence-corrected chi connectivity index (χ0v) is 10.1. The maximum atomic E-state index is 5.22. The first-order chi connectivity index (χ1) is 7.79. The third kappa shape index (κ3) is 2.46. The quantitative estimate of drug-likeness (QED) is 0.808. The molecule has 0 aliphatic carbocycles. The summed E-state index contributed by atoms with van der Waals surface area (Å²) < 4.78 is 7.70. The zero-order chi connectivity index (χ0) is 11.4. The largest absolute Gasteiger partial charge is 0.496 e. The van der Waals surface area contributed by atoms with Gasteiger partial charge in [-0.2, -0.15) is 5.10 Å². The molecule has 2 aromatic rings. The number of hydrogen-bond acceptors (Lipinski definition) is 4. The fraction of sp³-hybridized carbons (Fsp3) is 0.100. The molecular formula is C10H9BrN4O. The van der Waals surface area contributed by atoms with Crippen molar-refractivity contribution in [1.82, 2.24) is 14.9 Å². The maximum absolute atomic E-state index is 5.22. The molecule has 5 nitrogen and oxygen atoms in total. The molecule has 0 N–H and O–H groups in total. The third-order valence-electron chi connectivity index (χ3n) is 1.93. The molecular weight excluding hydrogens is 272 g/mol. The number of ether oxygens (including phenoxy) is 1. The van der Waals surface area contributed by atoms with Crippen molar-refractivity contribution in [2.24, 2.45) is 5.10 Å². The van der Waals surface area contributed by atoms with Gasteiger partial charge in [0.05, 0.1) is 13.3 Å². The zero-order valence-electron chi connectivity index (χ0n) is 8.54. The second-order valence-electron chi connectivity index (χ2n) is 2.97. The Bertz CT molecular complexity index is 496. The topological polar surface area (TPSA) is 52.3 Å². The Labute approximate surface area is 101 Å². The second kappa shape index (κ2) is 4.89. The molecule has 0 spiro atoms. The van der Waals surface area contributed by atoms with E-state index >= 15 is 0 Å². The molecule has 16 heavy (non-hydrogen) atoms. The monoisotopic (exact) mass is 280 g/mol. The molecule has 0 saturated carbocycles. The van der Waals surface area contributed by atoms with Gasteiger partial charge in [-0.3, -0.25) is 0 Å². The summed E-state index contributed by atoms with van der Waals surface area (Å²) >= 11 is 3.40. The molecule has 1 heterocycles. The summed E-state index contributed by atoms with van der Waals surface area (Å²) in [5.74, 6) is 0.764. The van der Waals surface area contributed by atoms with E-state index in [1.807, 2.05) is 18.2 Å². The van der Waals surface area contributed by atoms with E-state index in [-0.39, 0.29) is 0 Å². The molecule has 0 bridgehead atoms. The molecule has 0 atom stereocenters. The molecule has 0 radical (unpaired) electrons. The summed E-state index contributed by atoms with van der Waals surface area (Å²) in [6.45, 7) is 0. The molecule has 0 unspecified atom stereocenters. The van der Waals surface area contributed by atoms with Crippen LogP contribution in [0.4, 0.5) is 0 Å². The van der Waals surface area contributed by atoms with Crippen LogP contribution < -0.4 is 4.74 Å². The number of rotatable bonds is 3. The van der Waals surface area contributed by atoms with E-state index in [2.05, 4.69) is 31.2 Å². The summed E-state index contributed by atoms with van der Waals surface area (Å²) in [5.41, 5.74) is 0.880. The Balaban J connectivity index is 2.29. The minimum Gasteiger partial charge on any atom is -0.496 e. The molecule has 6 heteroatoms. The normalized spacial score (nSPS) is 10.9. The van der Waals surface area contributed by atoms with Crippen LogP contribution in [0.2, 0.25) is 0 Å². The highest BCUT2D eigenvalue weighted by Gasteiger charge is 2.00. The van der Waals surface area contributed by atoms with E-state index in [1.54, 1.807) is 13.3 Å². The minimum absolute atomic E-state index is 0.764. The highest BCUT2D eigenvalue weighted by Crippen LogP contribution is 2.21. The Kier molecular flexibility index (Phi) is 3.31. The first-order valence-electron chi connectivity index (χ1n) is 4.52. The Morgan fingerprint density at radius 2 is 2.12 bits per heavy atom. The predicted octanol–water partition coefficient (Wildman–Crippen LogP) is 1.93. The van der Waals surface area contributed by atoms with Crippen molar-refractivity contribution in [3.63, 3.8) is 0 Å². The standard InChI is InChI=1S/C10H9BrN4O/c1-16-10-3-2-9(11)4-8(10)5-14-15-6-12-13-7-15/h2-7H,1H3. The van der Waals surface area contributed by atoms with Gasteiger partial charge >= 0.3 is 0 Å². The SMILES string of the molecule is COc1ccc(Br)cc1C=Nn1cnnc1. The Morgan fingerprint density at radius 3 is 2.81 bits per heavy atom. The highest BCUT2D eigenvalue weighted by molar-refractivity contribution is 9.10. The summed E-state index contributed by atoms with van der Waals surface area (Å²) in [4.78, 5) is 0. The van der Waals surface area contributed by atoms with Crippen LogP contribution in [0.5, 0.6) is 5.75 Å². The summed E-state index contributed by atoms with van der Waals surface area (Å²) in [7, 11) is 1.62. The Hall–Kier alpha value is -1.69. The molecule has 0 aliphatic rings. The van der Waals surface area contributed by atoms with Gasteiger partial charge in [-0.25, -0.2) is 4.68 Å². The van der Waals surface area contributed by atoms with Gasteiger partial charge in [-0.1, -0.05) is 15.9 Å². The van der Waals surface area contributed by atoms with Crippen LogP contribution in [0, 0.1) is 0 Å². The fourth-order valence-corrected chi connectivity index (χ4v) is 1.57. The van der Waals surface area contributed by atoms with Gasteiger partial charge in [0, 0.05) is 10.0 Å². The summed E-state index contributed by atoms with van der Waals surface area (Å²) in [6.07, 6.45) is 4.72. The van der Waals surface area contributed by atoms with Gasteiger partial charge < -0.3 is 4.74 Å². The highest BCUT2D eigenvalue weighted by atomic mass is 79.9. The number of methoxy groups -OCH3 is 1. The van der Waals surface area contributed by atoms with Gasteiger partial charge in [-0.15, -0.1) is 10.2 Å². The molecule has 0 amide bonds. The second-order valence-corrected chi connectivity index (χ2v) is 3.89. The van der Waals surface area contributed by atoms with Crippen LogP contribution in [0.25, 0.3) is 0 Å². The predicted molar refractivity (Wildman–Crippen MR) is 63.7 cm³/mol. The first kappa shape index (κ1) is 10.8. The lowest BCUT2D eigenvalue weighted by Crippen LogP contribution is -1.92. The van der Waals surface area contributed by atoms with Gasteiger partial charge in [0.15, 0.2) is 0 Å². The molecule has 0 aliphatic heterocycles. The number of halogens is 1. The average Bonchev–Trinajstić information content (AvgIpc) is 2.79. The molecule has 1 aromatic heterocycles. The number of hydrogen-bond donors (Lipinski definition) is 0. The van der Waals surface area contributed by atoms with Crippen molar-refractivity contribution in [3.8, 4) is 5.75 Å². The minimum atomic E-state index is 0.764. The molecule has 0 fully saturated rings. The summed E-state index contributed by atoms with van der Waals surface area (Å²) in [5, 5.41) is 11.5. The van der Waals surface area contributed by atoms with Crippen LogP contribution in [-0.2, 0) is 0 Å². The van der Waals surface area contributed by atoms with E-state index < -0.39 is 0 Å². The molecule has 0 saturated heterocycles. The number of nitrogens with zero attached hydrogens (tertiary/aromatic N) is 4. The molecule has 1 aromatic carbocycles. The van der Waals surface area contributed by atoms with E-state index in [4.69, 9.17) is 4.74 Å². The lowest BCUT2D eigenvalue weighted by molar-refractivity contribution is 0.414. The third-order valence-corrected chi connectivity index (χ3v) is 2.42. The maximum Gasteiger partial charge on any atom is 0.141 e. The van der Waals surface area contributed by atoms with Gasteiger partial charge in [-0.05, 0) is 18.2 Å². The fourth-order valence-electron chi connectivity index (χ4n) is 1.19. The Morgan fingerprint density at radius 1 is 1.38 bits per heavy atom. The van der Waals surface area contributed by atoms with Crippen LogP contribution in [0.1, 0.15) is 5.56 Å². The molecule has 82 valence electrons. The number of aromatic nitrogens is 3. The van der Waals surface area contributed by atoms with E-state index in [9.17, 15) is 0 Å². The van der Waals surface area contributed by atoms with E-state index in [0.717, 1.165) is 15.8 Å². The van der Waals surface area contributed by atoms with Gasteiger partial charge in [0.1, 0.15) is 18.4 Å². The van der Waals surface area contributed by atoms with Crippen molar-refractivity contribution in [1.29, 1.82) is 0 Å². The van der Waals surface area contributed by atoms with Gasteiger partial charge in [0.25, 0.3) is 0 Å². The van der Waals surface area contributed by atoms with E-state index in [1.165, 1.54) is 17.3 Å². The van der Waals surface area contributed by atoms with E-state index in [0.29, 0.717) is 0 Å². The summed E-state index contributed by atoms with van der Waals surface area (Å²) in [6, 6.07) is 5.71. The lowest BCUT2D eigenvalue weighted by Gasteiger charge is -2.04. The van der Waals surface area contributed by atoms with Crippen molar-refractivity contribution in [2.45, 2.75) is 0 Å². The van der Waals surface area contributed by atoms with Crippen molar-refractivity contribution >= 4 is 22.1 Å². The smallest absolute Gasteiger partial charge is 0.141 e. The van der Waals surface area contributed by atoms with Crippen molar-refractivity contribution in [3.05, 3.63) is 40.9 Å².